The Bertz CT molecular complexity index is 822. The van der Waals surface area contributed by atoms with Gasteiger partial charge in [0.1, 0.15) is 0 Å². The van der Waals surface area contributed by atoms with E-state index < -0.39 is 0 Å². The summed E-state index contributed by atoms with van der Waals surface area (Å²) in [6, 6.07) is 8.19. The molecular weight excluding hydrogens is 362 g/mol. The molecule has 1 aliphatic rings. The number of nitrogens with one attached hydrogen (secondary N) is 1. The molecule has 0 unspecified atom stereocenters. The molecule has 3 rings (SSSR count). The van der Waals surface area contributed by atoms with Crippen molar-refractivity contribution in [1.29, 1.82) is 0 Å². The van der Waals surface area contributed by atoms with E-state index in [0.29, 0.717) is 24.8 Å². The van der Waals surface area contributed by atoms with Crippen LogP contribution in [0.4, 0.5) is 16.3 Å². The Balaban J connectivity index is 1.65. The van der Waals surface area contributed by atoms with E-state index in [-0.39, 0.29) is 6.03 Å². The Morgan fingerprint density at radius 1 is 1.11 bits per heavy atom. The van der Waals surface area contributed by atoms with Crippen LogP contribution in [0.5, 0.6) is 5.88 Å². The lowest BCUT2D eigenvalue weighted by Gasteiger charge is -2.36. The zero-order chi connectivity index (χ0) is 19.4. The van der Waals surface area contributed by atoms with Gasteiger partial charge in [-0.05, 0) is 32.2 Å². The number of carbonyl (C=O) groups is 1. The van der Waals surface area contributed by atoms with Crippen molar-refractivity contribution in [3.8, 4) is 5.88 Å². The third-order valence-corrected chi connectivity index (χ3v) is 5.47. The predicted molar refractivity (Wildman–Crippen MR) is 109 cm³/mol. The van der Waals surface area contributed by atoms with Crippen LogP contribution in [-0.4, -0.2) is 60.4 Å². The predicted octanol–water partition coefficient (Wildman–Crippen LogP) is 3.18. The molecule has 1 aromatic heterocycles. The number of hydrogen-bond donors (Lipinski definition) is 1. The molecule has 1 N–H and O–H groups in total. The Labute approximate surface area is 164 Å². The number of carbonyl (C=O) groups excluding carboxylic acids is 1. The second-order valence-electron chi connectivity index (χ2n) is 6.33. The van der Waals surface area contributed by atoms with E-state index >= 15 is 0 Å². The number of anilines is 2. The van der Waals surface area contributed by atoms with E-state index in [1.54, 1.807) is 16.7 Å². The number of nitrogens with zero attached hydrogens (tertiary/aromatic N) is 4. The van der Waals surface area contributed by atoms with Gasteiger partial charge < -0.3 is 14.5 Å². The fourth-order valence-corrected chi connectivity index (χ4v) is 3.65. The molecule has 144 valence electrons. The van der Waals surface area contributed by atoms with Crippen LogP contribution in [0.2, 0.25) is 0 Å². The van der Waals surface area contributed by atoms with Gasteiger partial charge in [0.25, 0.3) is 5.88 Å². The Morgan fingerprint density at radius 3 is 2.44 bits per heavy atom. The molecule has 0 bridgehead atoms. The first kappa shape index (κ1) is 19.3. The molecule has 2 aromatic rings. The summed E-state index contributed by atoms with van der Waals surface area (Å²) in [7, 11) is 1.52. The molecule has 0 aliphatic carbocycles. The first-order chi connectivity index (χ1) is 13.0. The molecule has 27 heavy (non-hydrogen) atoms. The smallest absolute Gasteiger partial charge is 0.323 e. The van der Waals surface area contributed by atoms with E-state index in [4.69, 9.17) is 4.74 Å². The molecule has 0 radical (unpaired) electrons. The Morgan fingerprint density at radius 2 is 1.78 bits per heavy atom. The maximum absolute atomic E-state index is 12.7. The van der Waals surface area contributed by atoms with E-state index in [0.717, 1.165) is 24.5 Å². The summed E-state index contributed by atoms with van der Waals surface area (Å²) in [6.07, 6.45) is 2.08. The second kappa shape index (κ2) is 8.47. The molecule has 1 aliphatic heterocycles. The van der Waals surface area contributed by atoms with Gasteiger partial charge in [-0.25, -0.2) is 14.8 Å². The highest BCUT2D eigenvalue weighted by Crippen LogP contribution is 2.29. The van der Waals surface area contributed by atoms with Crippen molar-refractivity contribution in [3.05, 3.63) is 35.7 Å². The van der Waals surface area contributed by atoms with Gasteiger partial charge in [-0.3, -0.25) is 5.32 Å². The van der Waals surface area contributed by atoms with Crippen molar-refractivity contribution in [3.63, 3.8) is 0 Å². The average molecular weight is 388 g/mol. The Hall–Kier alpha value is -2.48. The standard InChI is InChI=1S/C19H25N5O2S/c1-13-14(2)21-18(26-3)17(20-13)22-19(25)24-11-9-23(10-12-24)15-7-5-6-8-16(15)27-4/h5-8H,9-12H2,1-4H3,(H,20,22,25). The van der Waals surface area contributed by atoms with Gasteiger partial charge >= 0.3 is 6.03 Å². The normalized spacial score (nSPS) is 14.2. The fourth-order valence-electron chi connectivity index (χ4n) is 3.03. The van der Waals surface area contributed by atoms with E-state index in [2.05, 4.69) is 50.7 Å². The molecule has 2 amide bonds. The first-order valence-corrected chi connectivity index (χ1v) is 10.1. The summed E-state index contributed by atoms with van der Waals surface area (Å²) in [5.41, 5.74) is 2.78. The number of benzene rings is 1. The average Bonchev–Trinajstić information content (AvgIpc) is 2.70. The molecule has 0 spiro atoms. The maximum Gasteiger partial charge on any atom is 0.323 e. The summed E-state index contributed by atoms with van der Waals surface area (Å²) < 4.78 is 5.25. The van der Waals surface area contributed by atoms with Crippen molar-refractivity contribution in [2.45, 2.75) is 18.7 Å². The summed E-state index contributed by atoms with van der Waals surface area (Å²) in [5.74, 6) is 0.694. The minimum absolute atomic E-state index is 0.177. The molecule has 1 saturated heterocycles. The molecule has 1 fully saturated rings. The molecule has 0 atom stereocenters. The lowest BCUT2D eigenvalue weighted by Crippen LogP contribution is -2.50. The third-order valence-electron chi connectivity index (χ3n) is 4.69. The topological polar surface area (TPSA) is 70.6 Å². The largest absolute Gasteiger partial charge is 0.478 e. The summed E-state index contributed by atoms with van der Waals surface area (Å²) in [5, 5.41) is 2.84. The van der Waals surface area contributed by atoms with Crippen LogP contribution in [-0.2, 0) is 0 Å². The molecule has 1 aromatic carbocycles. The lowest BCUT2D eigenvalue weighted by molar-refractivity contribution is 0.208. The first-order valence-electron chi connectivity index (χ1n) is 8.86. The van der Waals surface area contributed by atoms with Crippen LogP contribution in [0.1, 0.15) is 11.4 Å². The highest BCUT2D eigenvalue weighted by molar-refractivity contribution is 7.98. The molecule has 0 saturated carbocycles. The number of rotatable bonds is 4. The zero-order valence-electron chi connectivity index (χ0n) is 16.2. The monoisotopic (exact) mass is 387 g/mol. The summed E-state index contributed by atoms with van der Waals surface area (Å²) in [6.45, 7) is 6.60. The van der Waals surface area contributed by atoms with E-state index in [9.17, 15) is 4.79 Å². The van der Waals surface area contributed by atoms with Gasteiger partial charge in [0, 0.05) is 31.1 Å². The maximum atomic E-state index is 12.7. The van der Waals surface area contributed by atoms with E-state index in [1.165, 1.54) is 17.7 Å². The molecule has 8 heteroatoms. The number of thioether (sulfide) groups is 1. The van der Waals surface area contributed by atoms with Gasteiger partial charge in [0.15, 0.2) is 5.82 Å². The number of ether oxygens (including phenoxy) is 1. The van der Waals surface area contributed by atoms with Crippen molar-refractivity contribution in [1.82, 2.24) is 14.9 Å². The second-order valence-corrected chi connectivity index (χ2v) is 7.18. The van der Waals surface area contributed by atoms with Gasteiger partial charge in [0.05, 0.1) is 24.2 Å². The van der Waals surface area contributed by atoms with Crippen LogP contribution in [0, 0.1) is 13.8 Å². The number of amides is 2. The minimum Gasteiger partial charge on any atom is -0.478 e. The number of hydrogen-bond acceptors (Lipinski definition) is 6. The van der Waals surface area contributed by atoms with Crippen LogP contribution in [0.3, 0.4) is 0 Å². The number of aryl methyl sites for hydroxylation is 2. The highest BCUT2D eigenvalue weighted by Gasteiger charge is 2.24. The number of methoxy groups -OCH3 is 1. The zero-order valence-corrected chi connectivity index (χ0v) is 17.0. The third kappa shape index (κ3) is 4.27. The minimum atomic E-state index is -0.177. The van der Waals surface area contributed by atoms with Gasteiger partial charge in [0.2, 0.25) is 0 Å². The molecule has 7 nitrogen and oxygen atoms in total. The van der Waals surface area contributed by atoms with Crippen molar-refractivity contribution >= 4 is 29.3 Å². The lowest BCUT2D eigenvalue weighted by atomic mass is 10.2. The Kier molecular flexibility index (Phi) is 6.05. The quantitative estimate of drug-likeness (QED) is 0.813. The fraction of sp³-hybridized carbons (Fsp3) is 0.421. The highest BCUT2D eigenvalue weighted by atomic mass is 32.2. The molecule has 2 heterocycles. The van der Waals surface area contributed by atoms with Crippen LogP contribution in [0.15, 0.2) is 29.2 Å². The molecular formula is C19H25N5O2S. The number of urea groups is 1. The summed E-state index contributed by atoms with van der Waals surface area (Å²) >= 11 is 1.74. The van der Waals surface area contributed by atoms with Crippen molar-refractivity contribution < 1.29 is 9.53 Å². The van der Waals surface area contributed by atoms with Crippen molar-refractivity contribution in [2.24, 2.45) is 0 Å². The summed E-state index contributed by atoms with van der Waals surface area (Å²) in [4.78, 5) is 26.8. The van der Waals surface area contributed by atoms with Crippen LogP contribution in [0.25, 0.3) is 0 Å². The van der Waals surface area contributed by atoms with Gasteiger partial charge in [-0.1, -0.05) is 12.1 Å². The van der Waals surface area contributed by atoms with Crippen LogP contribution < -0.4 is 15.0 Å². The van der Waals surface area contributed by atoms with E-state index in [1.807, 2.05) is 13.8 Å². The number of para-hydroxylation sites is 1. The number of aromatic nitrogens is 2. The van der Waals surface area contributed by atoms with Crippen molar-refractivity contribution in [2.75, 3.05) is 49.8 Å². The van der Waals surface area contributed by atoms with Gasteiger partial charge in [-0.2, -0.15) is 0 Å². The van der Waals surface area contributed by atoms with Crippen LogP contribution >= 0.6 is 11.8 Å². The van der Waals surface area contributed by atoms with Gasteiger partial charge in [-0.15, -0.1) is 11.8 Å². The number of piperazine rings is 1. The SMILES string of the molecule is COc1nc(C)c(C)nc1NC(=O)N1CCN(c2ccccc2SC)CC1.